The quantitative estimate of drug-likeness (QED) is 0.791. The SMILES string of the molecule is Cc1ccc(CN(CCc2ccccc2)C(=O)C[NH2+]C2CCCCC2)o1. The number of nitrogens with two attached hydrogens (primary N) is 1. The lowest BCUT2D eigenvalue weighted by molar-refractivity contribution is -0.682. The molecule has 1 aromatic heterocycles. The van der Waals surface area contributed by atoms with E-state index in [0.717, 1.165) is 24.5 Å². The fourth-order valence-electron chi connectivity index (χ4n) is 3.73. The summed E-state index contributed by atoms with van der Waals surface area (Å²) in [6.45, 7) is 3.76. The number of benzene rings is 1. The highest BCUT2D eigenvalue weighted by Gasteiger charge is 2.21. The van der Waals surface area contributed by atoms with Gasteiger partial charge in [0.1, 0.15) is 11.5 Å². The molecule has 140 valence electrons. The third kappa shape index (κ3) is 5.73. The molecular formula is C22H31N2O2+. The molecule has 0 aliphatic heterocycles. The molecule has 3 rings (SSSR count). The maximum Gasteiger partial charge on any atom is 0.278 e. The van der Waals surface area contributed by atoms with E-state index >= 15 is 0 Å². The van der Waals surface area contributed by atoms with E-state index in [0.29, 0.717) is 19.1 Å². The van der Waals surface area contributed by atoms with Crippen LogP contribution in [-0.4, -0.2) is 29.9 Å². The van der Waals surface area contributed by atoms with Crippen molar-refractivity contribution in [2.75, 3.05) is 13.1 Å². The summed E-state index contributed by atoms with van der Waals surface area (Å²) in [6, 6.07) is 14.9. The Hall–Kier alpha value is -2.07. The van der Waals surface area contributed by atoms with Crippen molar-refractivity contribution in [2.45, 2.75) is 58.0 Å². The number of hydrogen-bond donors (Lipinski definition) is 1. The van der Waals surface area contributed by atoms with Crippen LogP contribution in [0.3, 0.4) is 0 Å². The van der Waals surface area contributed by atoms with Crippen molar-refractivity contribution >= 4 is 5.91 Å². The molecule has 1 heterocycles. The van der Waals surface area contributed by atoms with Crippen LogP contribution in [0, 0.1) is 6.92 Å². The minimum atomic E-state index is 0.209. The third-order valence-electron chi connectivity index (χ3n) is 5.28. The Bertz CT molecular complexity index is 674. The van der Waals surface area contributed by atoms with Crippen LogP contribution in [0.1, 0.15) is 49.2 Å². The first-order valence-corrected chi connectivity index (χ1v) is 9.91. The fraction of sp³-hybridized carbons (Fsp3) is 0.500. The van der Waals surface area contributed by atoms with Crippen LogP contribution in [-0.2, 0) is 17.8 Å². The number of aryl methyl sites for hydroxylation is 1. The van der Waals surface area contributed by atoms with E-state index in [1.165, 1.54) is 37.7 Å². The second kappa shape index (κ2) is 9.58. The van der Waals surface area contributed by atoms with Gasteiger partial charge in [0, 0.05) is 6.54 Å². The number of hydrogen-bond acceptors (Lipinski definition) is 2. The number of quaternary nitrogens is 1. The molecule has 1 fully saturated rings. The maximum absolute atomic E-state index is 12.9. The maximum atomic E-state index is 12.9. The number of nitrogens with zero attached hydrogens (tertiary/aromatic N) is 1. The lowest BCUT2D eigenvalue weighted by Gasteiger charge is -2.24. The Labute approximate surface area is 156 Å². The van der Waals surface area contributed by atoms with Gasteiger partial charge in [-0.15, -0.1) is 0 Å². The summed E-state index contributed by atoms with van der Waals surface area (Å²) < 4.78 is 5.71. The number of amides is 1. The topological polar surface area (TPSA) is 50.1 Å². The molecule has 0 saturated heterocycles. The zero-order valence-corrected chi connectivity index (χ0v) is 15.8. The number of carbonyl (C=O) groups is 1. The van der Waals surface area contributed by atoms with Gasteiger partial charge in [0.25, 0.3) is 5.91 Å². The minimum Gasteiger partial charge on any atom is -0.464 e. The first-order chi connectivity index (χ1) is 12.7. The zero-order valence-electron chi connectivity index (χ0n) is 15.8. The Morgan fingerprint density at radius 3 is 2.58 bits per heavy atom. The number of carbonyl (C=O) groups excluding carboxylic acids is 1. The van der Waals surface area contributed by atoms with Crippen molar-refractivity contribution in [1.29, 1.82) is 0 Å². The summed E-state index contributed by atoms with van der Waals surface area (Å²) in [5, 5.41) is 2.25. The molecule has 0 spiro atoms. The van der Waals surface area contributed by atoms with Gasteiger partial charge in [-0.25, -0.2) is 0 Å². The predicted molar refractivity (Wildman–Crippen MR) is 103 cm³/mol. The molecule has 0 bridgehead atoms. The van der Waals surface area contributed by atoms with Crippen LogP contribution < -0.4 is 5.32 Å². The van der Waals surface area contributed by atoms with Gasteiger partial charge in [-0.1, -0.05) is 36.8 Å². The fourth-order valence-corrected chi connectivity index (χ4v) is 3.73. The summed E-state index contributed by atoms with van der Waals surface area (Å²) in [4.78, 5) is 14.8. The van der Waals surface area contributed by atoms with Gasteiger partial charge in [0.15, 0.2) is 6.54 Å². The molecule has 4 nitrogen and oxygen atoms in total. The first-order valence-electron chi connectivity index (χ1n) is 9.91. The van der Waals surface area contributed by atoms with Crippen molar-refractivity contribution in [3.63, 3.8) is 0 Å². The van der Waals surface area contributed by atoms with Crippen LogP contribution in [0.15, 0.2) is 46.9 Å². The van der Waals surface area contributed by atoms with Crippen LogP contribution in [0.4, 0.5) is 0 Å². The normalized spacial score (nSPS) is 15.1. The van der Waals surface area contributed by atoms with Crippen molar-refractivity contribution in [1.82, 2.24) is 4.90 Å². The van der Waals surface area contributed by atoms with Gasteiger partial charge in [-0.3, -0.25) is 4.79 Å². The van der Waals surface area contributed by atoms with Crippen LogP contribution in [0.5, 0.6) is 0 Å². The molecule has 2 N–H and O–H groups in total. The second-order valence-corrected chi connectivity index (χ2v) is 7.40. The largest absolute Gasteiger partial charge is 0.464 e. The van der Waals surface area contributed by atoms with Crippen molar-refractivity contribution < 1.29 is 14.5 Å². The molecule has 1 saturated carbocycles. The highest BCUT2D eigenvalue weighted by Crippen LogP contribution is 2.15. The van der Waals surface area contributed by atoms with Gasteiger partial charge in [0.05, 0.1) is 12.6 Å². The molecule has 0 unspecified atom stereocenters. The molecule has 1 amide bonds. The Morgan fingerprint density at radius 1 is 1.12 bits per heavy atom. The molecule has 4 heteroatoms. The summed E-state index contributed by atoms with van der Waals surface area (Å²) in [5.41, 5.74) is 1.26. The minimum absolute atomic E-state index is 0.209. The Kier molecular flexibility index (Phi) is 6.89. The molecular weight excluding hydrogens is 324 g/mol. The zero-order chi connectivity index (χ0) is 18.2. The average Bonchev–Trinajstić information content (AvgIpc) is 3.09. The monoisotopic (exact) mass is 355 g/mol. The summed E-state index contributed by atoms with van der Waals surface area (Å²) in [5.74, 6) is 1.96. The molecule has 2 aromatic rings. The second-order valence-electron chi connectivity index (χ2n) is 7.40. The van der Waals surface area contributed by atoms with E-state index in [2.05, 4.69) is 17.4 Å². The third-order valence-corrected chi connectivity index (χ3v) is 5.28. The van der Waals surface area contributed by atoms with Crippen molar-refractivity contribution in [2.24, 2.45) is 0 Å². The standard InChI is InChI=1S/C22H30N2O2/c1-18-12-13-21(26-18)17-24(15-14-19-8-4-2-5-9-19)22(25)16-23-20-10-6-3-7-11-20/h2,4-5,8-9,12-13,20,23H,3,6-7,10-11,14-17H2,1H3/p+1. The van der Waals surface area contributed by atoms with Gasteiger partial charge in [0.2, 0.25) is 0 Å². The van der Waals surface area contributed by atoms with Crippen LogP contribution >= 0.6 is 0 Å². The van der Waals surface area contributed by atoms with Gasteiger partial charge in [-0.05, 0) is 56.7 Å². The number of furan rings is 1. The molecule has 0 atom stereocenters. The van der Waals surface area contributed by atoms with E-state index in [4.69, 9.17) is 4.42 Å². The summed E-state index contributed by atoms with van der Waals surface area (Å²) >= 11 is 0. The summed E-state index contributed by atoms with van der Waals surface area (Å²) in [7, 11) is 0. The van der Waals surface area contributed by atoms with Gasteiger partial charge < -0.3 is 14.6 Å². The van der Waals surface area contributed by atoms with E-state index in [1.54, 1.807) is 0 Å². The van der Waals surface area contributed by atoms with Crippen LogP contribution in [0.25, 0.3) is 0 Å². The highest BCUT2D eigenvalue weighted by molar-refractivity contribution is 5.77. The average molecular weight is 356 g/mol. The lowest BCUT2D eigenvalue weighted by Crippen LogP contribution is -2.92. The molecule has 26 heavy (non-hydrogen) atoms. The lowest BCUT2D eigenvalue weighted by atomic mass is 9.95. The molecule has 0 radical (unpaired) electrons. The smallest absolute Gasteiger partial charge is 0.278 e. The van der Waals surface area contributed by atoms with E-state index in [1.807, 2.05) is 42.2 Å². The van der Waals surface area contributed by atoms with E-state index < -0.39 is 0 Å². The Morgan fingerprint density at radius 2 is 1.88 bits per heavy atom. The Balaban J connectivity index is 1.57. The molecule has 1 aliphatic rings. The summed E-state index contributed by atoms with van der Waals surface area (Å²) in [6.07, 6.45) is 7.32. The molecule has 1 aromatic carbocycles. The first kappa shape index (κ1) is 18.7. The highest BCUT2D eigenvalue weighted by atomic mass is 16.3. The van der Waals surface area contributed by atoms with E-state index in [-0.39, 0.29) is 5.91 Å². The van der Waals surface area contributed by atoms with Crippen LogP contribution in [0.2, 0.25) is 0 Å². The predicted octanol–water partition coefficient (Wildman–Crippen LogP) is 3.06. The van der Waals surface area contributed by atoms with Gasteiger partial charge in [-0.2, -0.15) is 0 Å². The number of rotatable bonds is 8. The van der Waals surface area contributed by atoms with Crippen molar-refractivity contribution in [3.8, 4) is 0 Å². The van der Waals surface area contributed by atoms with E-state index in [9.17, 15) is 4.79 Å². The van der Waals surface area contributed by atoms with Gasteiger partial charge >= 0.3 is 0 Å². The van der Waals surface area contributed by atoms with Crippen molar-refractivity contribution in [3.05, 3.63) is 59.5 Å². The molecule has 1 aliphatic carbocycles.